The fraction of sp³-hybridized carbons (Fsp3) is 0.278. The summed E-state index contributed by atoms with van der Waals surface area (Å²) in [5.74, 6) is 1.52. The molecular weight excluding hydrogens is 328 g/mol. The first-order valence-corrected chi connectivity index (χ1v) is 7.72. The molecule has 0 aliphatic rings. The minimum atomic E-state index is -2.83. The lowest BCUT2D eigenvalue weighted by molar-refractivity contribution is -0.0498. The molecule has 0 fully saturated rings. The zero-order chi connectivity index (χ0) is 18.1. The monoisotopic (exact) mass is 349 g/mol. The van der Waals surface area contributed by atoms with Gasteiger partial charge in [-0.2, -0.15) is 8.78 Å². The third-order valence-corrected chi connectivity index (χ3v) is 3.40. The van der Waals surface area contributed by atoms with Gasteiger partial charge in [-0.15, -0.1) is 0 Å². The highest BCUT2D eigenvalue weighted by atomic mass is 19.3. The summed E-state index contributed by atoms with van der Waals surface area (Å²) in [4.78, 5) is 4.14. The van der Waals surface area contributed by atoms with Gasteiger partial charge in [0.1, 0.15) is 11.5 Å². The Hall–Kier alpha value is -2.83. The molecule has 0 spiro atoms. The van der Waals surface area contributed by atoms with Crippen LogP contribution in [0.1, 0.15) is 11.1 Å². The highest BCUT2D eigenvalue weighted by molar-refractivity contribution is 5.79. The highest BCUT2D eigenvalue weighted by Gasteiger charge is 2.05. The molecule has 0 heterocycles. The number of guanidine groups is 1. The van der Waals surface area contributed by atoms with Crippen LogP contribution >= 0.6 is 0 Å². The van der Waals surface area contributed by atoms with Crippen molar-refractivity contribution in [1.29, 1.82) is 0 Å². The summed E-state index contributed by atoms with van der Waals surface area (Å²) < 4.78 is 34.1. The third kappa shape index (κ3) is 6.29. The fourth-order valence-corrected chi connectivity index (χ4v) is 2.21. The molecule has 0 bridgehead atoms. The number of methoxy groups -OCH3 is 1. The Bertz CT molecular complexity index is 708. The van der Waals surface area contributed by atoms with Crippen molar-refractivity contribution in [3.8, 4) is 11.5 Å². The number of benzene rings is 2. The summed E-state index contributed by atoms with van der Waals surface area (Å²) in [5.41, 5.74) is 1.86. The highest BCUT2D eigenvalue weighted by Crippen LogP contribution is 2.16. The van der Waals surface area contributed by atoms with Crippen molar-refractivity contribution in [3.05, 3.63) is 59.7 Å². The van der Waals surface area contributed by atoms with Crippen LogP contribution in [0.2, 0.25) is 0 Å². The van der Waals surface area contributed by atoms with E-state index in [9.17, 15) is 8.78 Å². The smallest absolute Gasteiger partial charge is 0.387 e. The second-order valence-electron chi connectivity index (χ2n) is 5.16. The number of nitrogens with zero attached hydrogens (tertiary/aromatic N) is 1. The van der Waals surface area contributed by atoms with E-state index in [1.807, 2.05) is 30.3 Å². The van der Waals surface area contributed by atoms with Gasteiger partial charge in [0.15, 0.2) is 5.96 Å². The maximum atomic E-state index is 12.3. The van der Waals surface area contributed by atoms with Crippen LogP contribution < -0.4 is 20.1 Å². The summed E-state index contributed by atoms with van der Waals surface area (Å²) in [7, 11) is 3.29. The van der Waals surface area contributed by atoms with Crippen molar-refractivity contribution in [3.63, 3.8) is 0 Å². The molecule has 134 valence electrons. The maximum Gasteiger partial charge on any atom is 0.387 e. The maximum absolute atomic E-state index is 12.3. The van der Waals surface area contributed by atoms with Crippen LogP contribution in [0.25, 0.3) is 0 Å². The molecule has 0 unspecified atom stereocenters. The van der Waals surface area contributed by atoms with Crippen molar-refractivity contribution in [2.45, 2.75) is 19.7 Å². The van der Waals surface area contributed by atoms with Gasteiger partial charge >= 0.3 is 6.61 Å². The molecule has 2 N–H and O–H groups in total. The van der Waals surface area contributed by atoms with Gasteiger partial charge in [0.25, 0.3) is 0 Å². The molecule has 0 aliphatic heterocycles. The summed E-state index contributed by atoms with van der Waals surface area (Å²) >= 11 is 0. The lowest BCUT2D eigenvalue weighted by atomic mass is 10.2. The Morgan fingerprint density at radius 3 is 2.08 bits per heavy atom. The van der Waals surface area contributed by atoms with Crippen LogP contribution in [0, 0.1) is 0 Å². The van der Waals surface area contributed by atoms with Gasteiger partial charge in [-0.3, -0.25) is 4.99 Å². The zero-order valence-electron chi connectivity index (χ0n) is 14.1. The Morgan fingerprint density at radius 2 is 1.56 bits per heavy atom. The van der Waals surface area contributed by atoms with Crippen molar-refractivity contribution >= 4 is 5.96 Å². The summed E-state index contributed by atoms with van der Waals surface area (Å²) in [6.07, 6.45) is 0. The molecule has 0 saturated carbocycles. The molecule has 0 saturated heterocycles. The molecule has 5 nitrogen and oxygen atoms in total. The minimum absolute atomic E-state index is 0.133. The van der Waals surface area contributed by atoms with E-state index >= 15 is 0 Å². The quantitative estimate of drug-likeness (QED) is 0.596. The molecule has 25 heavy (non-hydrogen) atoms. The molecule has 2 aromatic rings. The first-order valence-electron chi connectivity index (χ1n) is 7.72. The van der Waals surface area contributed by atoms with Crippen LogP contribution in [0.5, 0.6) is 11.5 Å². The zero-order valence-corrected chi connectivity index (χ0v) is 14.1. The molecule has 0 aromatic heterocycles. The predicted molar refractivity (Wildman–Crippen MR) is 93.1 cm³/mol. The van der Waals surface area contributed by atoms with E-state index in [0.717, 1.165) is 16.9 Å². The van der Waals surface area contributed by atoms with Crippen molar-refractivity contribution in [2.75, 3.05) is 14.2 Å². The predicted octanol–water partition coefficient (Wildman–Crippen LogP) is 3.16. The molecule has 0 amide bonds. The van der Waals surface area contributed by atoms with Crippen LogP contribution in [-0.2, 0) is 13.1 Å². The molecule has 0 aliphatic carbocycles. The Labute approximate surface area is 145 Å². The van der Waals surface area contributed by atoms with Gasteiger partial charge < -0.3 is 20.1 Å². The SMILES string of the molecule is CN=C(NCc1cccc(OC)c1)NCc1cccc(OC(F)F)c1. The molecular formula is C18H21F2N3O2. The van der Waals surface area contributed by atoms with E-state index in [1.165, 1.54) is 6.07 Å². The first kappa shape index (κ1) is 18.5. The number of alkyl halides is 2. The van der Waals surface area contributed by atoms with Crippen LogP contribution in [0.15, 0.2) is 53.5 Å². The van der Waals surface area contributed by atoms with E-state index in [1.54, 1.807) is 26.3 Å². The first-order chi connectivity index (χ1) is 12.1. The van der Waals surface area contributed by atoms with Gasteiger partial charge in [0, 0.05) is 20.1 Å². The largest absolute Gasteiger partial charge is 0.497 e. The fourth-order valence-electron chi connectivity index (χ4n) is 2.21. The number of ether oxygens (including phenoxy) is 2. The lowest BCUT2D eigenvalue weighted by Crippen LogP contribution is -2.36. The Morgan fingerprint density at radius 1 is 1.00 bits per heavy atom. The topological polar surface area (TPSA) is 54.9 Å². The standard InChI is InChI=1S/C18H21F2N3O2/c1-21-18(22-11-13-5-3-7-15(9-13)24-2)23-12-14-6-4-8-16(10-14)25-17(19)20/h3-10,17H,11-12H2,1-2H3,(H2,21,22,23). The average Bonchev–Trinajstić information content (AvgIpc) is 2.62. The Kier molecular flexibility index (Phi) is 7.00. The molecule has 2 aromatic carbocycles. The summed E-state index contributed by atoms with van der Waals surface area (Å²) in [6, 6.07) is 14.3. The second-order valence-corrected chi connectivity index (χ2v) is 5.16. The van der Waals surface area contributed by atoms with Crippen molar-refractivity contribution in [2.24, 2.45) is 4.99 Å². The lowest BCUT2D eigenvalue weighted by Gasteiger charge is -2.13. The van der Waals surface area contributed by atoms with Crippen LogP contribution in [0.4, 0.5) is 8.78 Å². The van der Waals surface area contributed by atoms with E-state index in [4.69, 9.17) is 4.74 Å². The number of hydrogen-bond acceptors (Lipinski definition) is 3. The number of aliphatic imine (C=N–C) groups is 1. The van der Waals surface area contributed by atoms with Crippen LogP contribution in [0.3, 0.4) is 0 Å². The summed E-state index contributed by atoms with van der Waals surface area (Å²) in [6.45, 7) is -1.83. The van der Waals surface area contributed by atoms with Gasteiger partial charge in [0.2, 0.25) is 0 Å². The second kappa shape index (κ2) is 9.46. The molecule has 2 rings (SSSR count). The van der Waals surface area contributed by atoms with Gasteiger partial charge in [-0.05, 0) is 35.4 Å². The van der Waals surface area contributed by atoms with E-state index in [2.05, 4.69) is 20.4 Å². The Balaban J connectivity index is 1.88. The van der Waals surface area contributed by atoms with Gasteiger partial charge in [-0.1, -0.05) is 24.3 Å². The average molecular weight is 349 g/mol. The minimum Gasteiger partial charge on any atom is -0.497 e. The van der Waals surface area contributed by atoms with Crippen molar-refractivity contribution in [1.82, 2.24) is 10.6 Å². The number of nitrogens with one attached hydrogen (secondary N) is 2. The van der Waals surface area contributed by atoms with Gasteiger partial charge in [0.05, 0.1) is 7.11 Å². The molecule has 0 atom stereocenters. The van der Waals surface area contributed by atoms with E-state index in [-0.39, 0.29) is 5.75 Å². The van der Waals surface area contributed by atoms with E-state index < -0.39 is 6.61 Å². The molecule has 0 radical (unpaired) electrons. The normalized spacial score (nSPS) is 11.3. The number of hydrogen-bond donors (Lipinski definition) is 2. The van der Waals surface area contributed by atoms with Crippen molar-refractivity contribution < 1.29 is 18.3 Å². The summed E-state index contributed by atoms with van der Waals surface area (Å²) in [5, 5.41) is 6.32. The van der Waals surface area contributed by atoms with Gasteiger partial charge in [-0.25, -0.2) is 0 Å². The number of halogens is 2. The third-order valence-electron chi connectivity index (χ3n) is 3.40. The number of rotatable bonds is 7. The van der Waals surface area contributed by atoms with Crippen LogP contribution in [-0.4, -0.2) is 26.7 Å². The van der Waals surface area contributed by atoms with E-state index in [0.29, 0.717) is 19.0 Å². The molecule has 7 heteroatoms.